The Kier molecular flexibility index (Phi) is 4.25. The van der Waals surface area contributed by atoms with Crippen LogP contribution in [-0.2, 0) is 0 Å². The van der Waals surface area contributed by atoms with Crippen molar-refractivity contribution in [3.63, 3.8) is 0 Å². The molecule has 1 amide bonds. The van der Waals surface area contributed by atoms with Crippen LogP contribution in [0.5, 0.6) is 0 Å². The van der Waals surface area contributed by atoms with Crippen molar-refractivity contribution >= 4 is 16.8 Å². The molecule has 1 aromatic carbocycles. The number of rotatable bonds is 4. The Balaban J connectivity index is 2.27. The third-order valence-corrected chi connectivity index (χ3v) is 3.04. The summed E-state index contributed by atoms with van der Waals surface area (Å²) in [5.74, 6) is -0.636. The van der Waals surface area contributed by atoms with E-state index in [4.69, 9.17) is 0 Å². The second kappa shape index (κ2) is 5.79. The van der Waals surface area contributed by atoms with Crippen LogP contribution in [0.2, 0.25) is 0 Å². The van der Waals surface area contributed by atoms with E-state index in [2.05, 4.69) is 4.98 Å². The van der Waals surface area contributed by atoms with E-state index in [1.165, 1.54) is 0 Å². The zero-order chi connectivity index (χ0) is 15.6. The van der Waals surface area contributed by atoms with Crippen molar-refractivity contribution in [1.29, 1.82) is 0 Å². The van der Waals surface area contributed by atoms with Crippen LogP contribution in [0.4, 0.5) is 13.2 Å². The van der Waals surface area contributed by atoms with E-state index in [9.17, 15) is 18.0 Å². The zero-order valence-corrected chi connectivity index (χ0v) is 11.9. The number of carbonyl (C=O) groups excluding carboxylic acids is 1. The molecule has 0 aliphatic carbocycles. The molecule has 1 N–H and O–H groups in total. The highest BCUT2D eigenvalue weighted by Gasteiger charge is 2.33. The maximum absolute atomic E-state index is 12.6. The van der Waals surface area contributed by atoms with Crippen LogP contribution >= 0.6 is 0 Å². The predicted octanol–water partition coefficient (Wildman–Crippen LogP) is 3.83. The van der Waals surface area contributed by atoms with E-state index in [1.807, 2.05) is 6.07 Å². The van der Waals surface area contributed by atoms with E-state index >= 15 is 0 Å². The fourth-order valence-corrected chi connectivity index (χ4v) is 2.24. The normalized spacial score (nSPS) is 12.1. The van der Waals surface area contributed by atoms with Crippen molar-refractivity contribution in [1.82, 2.24) is 9.88 Å². The van der Waals surface area contributed by atoms with Crippen LogP contribution in [-0.4, -0.2) is 35.1 Å². The van der Waals surface area contributed by atoms with Gasteiger partial charge in [0.1, 0.15) is 6.54 Å². The van der Waals surface area contributed by atoms with Crippen molar-refractivity contribution in [2.24, 2.45) is 5.92 Å². The van der Waals surface area contributed by atoms with Crippen molar-refractivity contribution in [3.05, 3.63) is 36.0 Å². The van der Waals surface area contributed by atoms with Gasteiger partial charge in [-0.1, -0.05) is 19.9 Å². The van der Waals surface area contributed by atoms with Crippen molar-refractivity contribution < 1.29 is 18.0 Å². The quantitative estimate of drug-likeness (QED) is 0.915. The van der Waals surface area contributed by atoms with Gasteiger partial charge < -0.3 is 9.88 Å². The molecule has 114 valence electrons. The predicted molar refractivity (Wildman–Crippen MR) is 75.1 cm³/mol. The number of alkyl halides is 3. The number of aromatic nitrogens is 1. The maximum Gasteiger partial charge on any atom is 0.406 e. The number of hydrogen-bond donors (Lipinski definition) is 1. The van der Waals surface area contributed by atoms with E-state index < -0.39 is 18.6 Å². The minimum absolute atomic E-state index is 0.0366. The molecule has 0 saturated heterocycles. The fourth-order valence-electron chi connectivity index (χ4n) is 2.24. The third kappa shape index (κ3) is 4.00. The van der Waals surface area contributed by atoms with Gasteiger partial charge in [0.15, 0.2) is 0 Å². The molecule has 0 spiro atoms. The van der Waals surface area contributed by atoms with Gasteiger partial charge in [-0.15, -0.1) is 0 Å². The molecule has 0 radical (unpaired) electrons. The number of nitrogens with one attached hydrogen (secondary N) is 1. The van der Waals surface area contributed by atoms with Crippen LogP contribution in [0.3, 0.4) is 0 Å². The number of hydrogen-bond acceptors (Lipinski definition) is 1. The zero-order valence-electron chi connectivity index (χ0n) is 11.9. The monoisotopic (exact) mass is 298 g/mol. The van der Waals surface area contributed by atoms with Crippen LogP contribution < -0.4 is 0 Å². The van der Waals surface area contributed by atoms with Crippen LogP contribution in [0.1, 0.15) is 24.2 Å². The van der Waals surface area contributed by atoms with Crippen molar-refractivity contribution in [3.8, 4) is 0 Å². The Morgan fingerprint density at radius 1 is 1.29 bits per heavy atom. The smallest absolute Gasteiger partial charge is 0.361 e. The molecule has 0 aliphatic heterocycles. The average Bonchev–Trinajstić information content (AvgIpc) is 2.81. The number of aromatic amines is 1. The highest BCUT2D eigenvalue weighted by Crippen LogP contribution is 2.21. The highest BCUT2D eigenvalue weighted by atomic mass is 19.4. The summed E-state index contributed by atoms with van der Waals surface area (Å²) in [7, 11) is 0. The van der Waals surface area contributed by atoms with Crippen molar-refractivity contribution in [2.45, 2.75) is 20.0 Å². The molecule has 3 nitrogen and oxygen atoms in total. The van der Waals surface area contributed by atoms with Gasteiger partial charge in [0.05, 0.1) is 0 Å². The summed E-state index contributed by atoms with van der Waals surface area (Å²) < 4.78 is 37.9. The van der Waals surface area contributed by atoms with Crippen LogP contribution in [0.25, 0.3) is 10.9 Å². The van der Waals surface area contributed by atoms with Gasteiger partial charge in [0.2, 0.25) is 0 Å². The maximum atomic E-state index is 12.6. The Labute approximate surface area is 120 Å². The van der Waals surface area contributed by atoms with Gasteiger partial charge >= 0.3 is 6.18 Å². The van der Waals surface area contributed by atoms with Crippen LogP contribution in [0.15, 0.2) is 30.5 Å². The minimum Gasteiger partial charge on any atom is -0.361 e. The Morgan fingerprint density at radius 3 is 2.62 bits per heavy atom. The van der Waals surface area contributed by atoms with Gasteiger partial charge in [0.25, 0.3) is 5.91 Å². The largest absolute Gasteiger partial charge is 0.406 e. The standard InChI is InChI=1S/C15H17F3N2O/c1-10(2)8-20(9-15(16,17)18)14(21)12-4-3-11-5-6-19-13(11)7-12/h3-7,10,19H,8-9H2,1-2H3. The fraction of sp³-hybridized carbons (Fsp3) is 0.400. The SMILES string of the molecule is CC(C)CN(CC(F)(F)F)C(=O)c1ccc2cc[nH]c2c1. The lowest BCUT2D eigenvalue weighted by Crippen LogP contribution is -2.41. The topological polar surface area (TPSA) is 36.1 Å². The second-order valence-electron chi connectivity index (χ2n) is 5.47. The molecule has 0 aliphatic rings. The average molecular weight is 298 g/mol. The number of fused-ring (bicyclic) bond motifs is 1. The molecule has 0 fully saturated rings. The van der Waals surface area contributed by atoms with Gasteiger partial charge in [-0.25, -0.2) is 0 Å². The molecule has 0 saturated carbocycles. The first-order valence-corrected chi connectivity index (χ1v) is 6.69. The number of benzene rings is 1. The molecule has 0 atom stereocenters. The first kappa shape index (κ1) is 15.4. The lowest BCUT2D eigenvalue weighted by Gasteiger charge is -2.25. The summed E-state index contributed by atoms with van der Waals surface area (Å²) in [5.41, 5.74) is 0.993. The number of carbonyl (C=O) groups is 1. The first-order valence-electron chi connectivity index (χ1n) is 6.69. The summed E-state index contributed by atoms with van der Waals surface area (Å²) >= 11 is 0. The summed E-state index contributed by atoms with van der Waals surface area (Å²) in [5, 5.41) is 0.915. The van der Waals surface area contributed by atoms with Gasteiger partial charge in [-0.3, -0.25) is 4.79 Å². The lowest BCUT2D eigenvalue weighted by atomic mass is 10.1. The van der Waals surface area contributed by atoms with Gasteiger partial charge in [-0.2, -0.15) is 13.2 Å². The number of amides is 1. The molecular formula is C15H17F3N2O. The summed E-state index contributed by atoms with van der Waals surface area (Å²) in [6.07, 6.45) is -2.68. The molecule has 6 heteroatoms. The molecule has 2 aromatic rings. The summed E-state index contributed by atoms with van der Waals surface area (Å²) in [6, 6.07) is 6.70. The molecule has 1 heterocycles. The number of H-pyrrole nitrogens is 1. The van der Waals surface area contributed by atoms with Crippen LogP contribution in [0, 0.1) is 5.92 Å². The summed E-state index contributed by atoms with van der Waals surface area (Å²) in [6.45, 7) is 2.41. The van der Waals surface area contributed by atoms with E-state index in [1.54, 1.807) is 38.2 Å². The molecule has 21 heavy (non-hydrogen) atoms. The molecule has 2 rings (SSSR count). The molecule has 0 unspecified atom stereocenters. The second-order valence-corrected chi connectivity index (χ2v) is 5.47. The summed E-state index contributed by atoms with van der Waals surface area (Å²) in [4.78, 5) is 16.1. The molecule has 0 bridgehead atoms. The first-order chi connectivity index (χ1) is 9.76. The van der Waals surface area contributed by atoms with E-state index in [0.717, 1.165) is 15.8 Å². The molecular weight excluding hydrogens is 281 g/mol. The number of nitrogens with zero attached hydrogens (tertiary/aromatic N) is 1. The Hall–Kier alpha value is -1.98. The molecule has 1 aromatic heterocycles. The van der Waals surface area contributed by atoms with Gasteiger partial charge in [-0.05, 0) is 29.5 Å². The van der Waals surface area contributed by atoms with E-state index in [0.29, 0.717) is 0 Å². The third-order valence-electron chi connectivity index (χ3n) is 3.04. The number of halogens is 3. The highest BCUT2D eigenvalue weighted by molar-refractivity contribution is 5.98. The van der Waals surface area contributed by atoms with Gasteiger partial charge in [0, 0.05) is 23.8 Å². The Bertz CT molecular complexity index is 631. The minimum atomic E-state index is -4.40. The van der Waals surface area contributed by atoms with Crippen molar-refractivity contribution in [2.75, 3.05) is 13.1 Å². The lowest BCUT2D eigenvalue weighted by molar-refractivity contribution is -0.141. The Morgan fingerprint density at radius 2 is 2.00 bits per heavy atom. The van der Waals surface area contributed by atoms with E-state index in [-0.39, 0.29) is 18.0 Å².